The zero-order valence-corrected chi connectivity index (χ0v) is 13.5. The quantitative estimate of drug-likeness (QED) is 0.504. The molecule has 1 radical (unpaired) electrons. The maximum Gasteiger partial charge on any atom is 3.00 e. The molecule has 0 saturated carbocycles. The molecule has 0 amide bonds. The summed E-state index contributed by atoms with van der Waals surface area (Å²) in [5.41, 5.74) is 0. The Morgan fingerprint density at radius 1 is 0.591 bits per heavy atom. The molecule has 0 aromatic rings. The summed E-state index contributed by atoms with van der Waals surface area (Å²) in [4.78, 5) is 37.5. The second kappa shape index (κ2) is 10.5. The van der Waals surface area contributed by atoms with Gasteiger partial charge in [-0.15, -0.1) is 0 Å². The molecule has 1 rings (SSSR count). The van der Waals surface area contributed by atoms with Gasteiger partial charge in [0.25, 0.3) is 0 Å². The van der Waals surface area contributed by atoms with Crippen LogP contribution in [-0.4, -0.2) is 107 Å². The summed E-state index contributed by atoms with van der Waals surface area (Å²) < 4.78 is 0. The van der Waals surface area contributed by atoms with Crippen molar-refractivity contribution in [2.75, 3.05) is 58.9 Å². The SMILES string of the molecule is O=C(O)CN1CCN(CC(=O)O)CCN(CC(=O)O)CC1.[Cr+3]. The first kappa shape index (κ1) is 20.8. The van der Waals surface area contributed by atoms with Crippen molar-refractivity contribution >= 4 is 17.9 Å². The van der Waals surface area contributed by atoms with Gasteiger partial charge in [-0.3, -0.25) is 29.1 Å². The normalized spacial score (nSPS) is 18.5. The molecule has 22 heavy (non-hydrogen) atoms. The van der Waals surface area contributed by atoms with Crippen molar-refractivity contribution in [3.8, 4) is 0 Å². The number of hydrogen-bond acceptors (Lipinski definition) is 6. The minimum Gasteiger partial charge on any atom is -0.480 e. The molecule has 0 aromatic heterocycles. The Labute approximate surface area is 139 Å². The van der Waals surface area contributed by atoms with E-state index < -0.39 is 17.9 Å². The number of rotatable bonds is 6. The third-order valence-electron chi connectivity index (χ3n) is 3.27. The van der Waals surface area contributed by atoms with Crippen molar-refractivity contribution in [3.63, 3.8) is 0 Å². The van der Waals surface area contributed by atoms with Gasteiger partial charge in [0, 0.05) is 39.3 Å². The van der Waals surface area contributed by atoms with Crippen molar-refractivity contribution in [2.45, 2.75) is 0 Å². The molecular weight excluding hydrogens is 334 g/mol. The minimum atomic E-state index is -0.955. The molecule has 1 aliphatic rings. The first-order chi connectivity index (χ1) is 9.86. The summed E-state index contributed by atoms with van der Waals surface area (Å²) >= 11 is 0. The van der Waals surface area contributed by atoms with Gasteiger partial charge in [0.15, 0.2) is 0 Å². The fourth-order valence-electron chi connectivity index (χ4n) is 2.23. The summed E-state index contributed by atoms with van der Waals surface area (Å²) in [6, 6.07) is 0. The monoisotopic (exact) mass is 355 g/mol. The van der Waals surface area contributed by atoms with Crippen LogP contribution >= 0.6 is 0 Å². The van der Waals surface area contributed by atoms with E-state index in [1.54, 1.807) is 14.7 Å². The van der Waals surface area contributed by atoms with Gasteiger partial charge in [-0.1, -0.05) is 0 Å². The summed E-state index contributed by atoms with van der Waals surface area (Å²) in [5.74, 6) is -2.86. The molecule has 1 heterocycles. The Kier molecular flexibility index (Phi) is 9.97. The van der Waals surface area contributed by atoms with Crippen molar-refractivity contribution in [2.24, 2.45) is 0 Å². The molecule has 0 aliphatic carbocycles. The van der Waals surface area contributed by atoms with E-state index in [0.29, 0.717) is 39.3 Å². The molecule has 1 fully saturated rings. The maximum atomic E-state index is 10.8. The van der Waals surface area contributed by atoms with Gasteiger partial charge < -0.3 is 15.3 Å². The molecule has 1 saturated heterocycles. The molecule has 0 atom stereocenters. The Morgan fingerprint density at radius 2 is 0.773 bits per heavy atom. The third-order valence-corrected chi connectivity index (χ3v) is 3.27. The zero-order chi connectivity index (χ0) is 15.8. The van der Waals surface area contributed by atoms with Gasteiger partial charge >= 0.3 is 35.3 Å². The van der Waals surface area contributed by atoms with Gasteiger partial charge in [-0.05, 0) is 0 Å². The summed E-state index contributed by atoms with van der Waals surface area (Å²) in [5, 5.41) is 26.6. The van der Waals surface area contributed by atoms with Crippen LogP contribution in [0.25, 0.3) is 0 Å². The zero-order valence-electron chi connectivity index (χ0n) is 12.2. The molecule has 9 nitrogen and oxygen atoms in total. The molecule has 0 spiro atoms. The number of carboxylic acid groups (broad SMARTS) is 3. The summed E-state index contributed by atoms with van der Waals surface area (Å²) in [7, 11) is 0. The third kappa shape index (κ3) is 8.97. The van der Waals surface area contributed by atoms with Gasteiger partial charge in [-0.25, -0.2) is 0 Å². The standard InChI is InChI=1S/C12H21N3O6.Cr/c16-10(17)7-13-1-2-14(8-11(18)19)5-6-15(4-3-13)9-12(20)21;/h1-9H2,(H,16,17)(H,18,19)(H,20,21);/q;+3. The predicted octanol–water partition coefficient (Wildman–Crippen LogP) is -1.84. The van der Waals surface area contributed by atoms with Crippen LogP contribution in [0.1, 0.15) is 0 Å². The van der Waals surface area contributed by atoms with Crippen LogP contribution in [0.3, 0.4) is 0 Å². The molecular formula is C12H21CrN3O6+3. The van der Waals surface area contributed by atoms with Crippen molar-refractivity contribution in [1.82, 2.24) is 14.7 Å². The molecule has 0 bridgehead atoms. The number of nitrogens with zero attached hydrogens (tertiary/aromatic N) is 3. The van der Waals surface area contributed by atoms with E-state index in [-0.39, 0.29) is 37.0 Å². The average molecular weight is 355 g/mol. The number of aliphatic carboxylic acids is 3. The average Bonchev–Trinajstić information content (AvgIpc) is 2.42. The molecule has 123 valence electrons. The molecule has 1 aliphatic heterocycles. The fourth-order valence-corrected chi connectivity index (χ4v) is 2.23. The second-order valence-electron chi connectivity index (χ2n) is 5.01. The van der Waals surface area contributed by atoms with Crippen molar-refractivity contribution < 1.29 is 47.1 Å². The smallest absolute Gasteiger partial charge is 0.480 e. The van der Waals surface area contributed by atoms with E-state index in [1.165, 1.54) is 0 Å². The van der Waals surface area contributed by atoms with E-state index in [4.69, 9.17) is 15.3 Å². The Morgan fingerprint density at radius 3 is 0.909 bits per heavy atom. The Balaban J connectivity index is 0.00000441. The number of carboxylic acids is 3. The van der Waals surface area contributed by atoms with Crippen LogP contribution in [0.4, 0.5) is 0 Å². The largest absolute Gasteiger partial charge is 3.00 e. The van der Waals surface area contributed by atoms with E-state index in [0.717, 1.165) is 0 Å². The van der Waals surface area contributed by atoms with E-state index >= 15 is 0 Å². The number of hydrogen-bond donors (Lipinski definition) is 3. The molecule has 0 aromatic carbocycles. The minimum absolute atomic E-state index is 0. The van der Waals surface area contributed by atoms with Gasteiger partial charge in [0.2, 0.25) is 0 Å². The predicted molar refractivity (Wildman–Crippen MR) is 72.2 cm³/mol. The second-order valence-corrected chi connectivity index (χ2v) is 5.01. The summed E-state index contributed by atoms with van der Waals surface area (Å²) in [6.45, 7) is 2.26. The van der Waals surface area contributed by atoms with E-state index in [1.807, 2.05) is 0 Å². The first-order valence-corrected chi connectivity index (χ1v) is 6.69. The molecule has 3 N–H and O–H groups in total. The Hall–Kier alpha value is -1.18. The van der Waals surface area contributed by atoms with E-state index in [9.17, 15) is 14.4 Å². The topological polar surface area (TPSA) is 122 Å². The maximum absolute atomic E-state index is 10.8. The Bertz CT molecular complexity index is 326. The van der Waals surface area contributed by atoms with Gasteiger partial charge in [0.05, 0.1) is 19.6 Å². The van der Waals surface area contributed by atoms with Crippen LogP contribution in [0.2, 0.25) is 0 Å². The van der Waals surface area contributed by atoms with Crippen LogP contribution in [0.5, 0.6) is 0 Å². The van der Waals surface area contributed by atoms with Crippen LogP contribution in [-0.2, 0) is 31.7 Å². The number of carbonyl (C=O) groups is 3. The summed E-state index contributed by atoms with van der Waals surface area (Å²) in [6.07, 6.45) is 0. The molecule has 0 unspecified atom stereocenters. The van der Waals surface area contributed by atoms with Crippen molar-refractivity contribution in [3.05, 3.63) is 0 Å². The van der Waals surface area contributed by atoms with E-state index in [2.05, 4.69) is 0 Å². The fraction of sp³-hybridized carbons (Fsp3) is 0.750. The van der Waals surface area contributed by atoms with Crippen LogP contribution in [0, 0.1) is 0 Å². The molecule has 10 heteroatoms. The van der Waals surface area contributed by atoms with Gasteiger partial charge in [0.1, 0.15) is 0 Å². The van der Waals surface area contributed by atoms with Crippen LogP contribution < -0.4 is 0 Å². The van der Waals surface area contributed by atoms with Crippen molar-refractivity contribution in [1.29, 1.82) is 0 Å². The van der Waals surface area contributed by atoms with Gasteiger partial charge in [-0.2, -0.15) is 0 Å². The first-order valence-electron chi connectivity index (χ1n) is 6.69. The van der Waals surface area contributed by atoms with Crippen LogP contribution in [0.15, 0.2) is 0 Å².